The Balaban J connectivity index is 1.01. The van der Waals surface area contributed by atoms with Gasteiger partial charge < -0.3 is 20.6 Å². The first-order valence-electron chi connectivity index (χ1n) is 15.0. The van der Waals surface area contributed by atoms with Gasteiger partial charge in [-0.1, -0.05) is 24.3 Å². The Bertz CT molecular complexity index is 1720. The summed E-state index contributed by atoms with van der Waals surface area (Å²) in [6, 6.07) is 12.1. The Morgan fingerprint density at radius 3 is 2.02 bits per heavy atom. The average molecular weight is 575 g/mol. The van der Waals surface area contributed by atoms with Crippen molar-refractivity contribution in [3.63, 3.8) is 0 Å². The number of nitrogens with zero attached hydrogens (tertiary/aromatic N) is 2. The summed E-state index contributed by atoms with van der Waals surface area (Å²) in [5, 5.41) is 7.08. The molecule has 0 bridgehead atoms. The van der Waals surface area contributed by atoms with E-state index in [1.54, 1.807) is 12.1 Å². The molecule has 6 atom stereocenters. The Morgan fingerprint density at radius 2 is 1.38 bits per heavy atom. The lowest BCUT2D eigenvalue weighted by Gasteiger charge is -2.16. The lowest BCUT2D eigenvalue weighted by Crippen LogP contribution is -2.19. The van der Waals surface area contributed by atoms with Gasteiger partial charge in [0.1, 0.15) is 17.5 Å². The van der Waals surface area contributed by atoms with Gasteiger partial charge >= 0.3 is 6.18 Å². The van der Waals surface area contributed by atoms with Crippen LogP contribution in [0.15, 0.2) is 36.4 Å². The number of nitrogens with one attached hydrogen (secondary N) is 4. The van der Waals surface area contributed by atoms with Crippen LogP contribution in [0.25, 0.3) is 33.6 Å². The van der Waals surface area contributed by atoms with Gasteiger partial charge in [-0.25, -0.2) is 14.4 Å². The summed E-state index contributed by atoms with van der Waals surface area (Å²) in [5.74, 6) is 2.23. The van der Waals surface area contributed by atoms with Crippen molar-refractivity contribution in [1.29, 1.82) is 0 Å². The van der Waals surface area contributed by atoms with E-state index in [1.807, 2.05) is 6.07 Å². The van der Waals surface area contributed by atoms with Crippen molar-refractivity contribution >= 4 is 0 Å². The monoisotopic (exact) mass is 574 g/mol. The van der Waals surface area contributed by atoms with Crippen LogP contribution in [-0.4, -0.2) is 38.2 Å². The Labute approximate surface area is 239 Å². The molecule has 0 amide bonds. The molecule has 4 N–H and O–H groups in total. The Kier molecular flexibility index (Phi) is 5.23. The van der Waals surface area contributed by atoms with Crippen LogP contribution >= 0.6 is 0 Å². The fraction of sp³-hybridized carbons (Fsp3) is 0.438. The predicted molar refractivity (Wildman–Crippen MR) is 149 cm³/mol. The van der Waals surface area contributed by atoms with Crippen molar-refractivity contribution in [2.45, 2.75) is 75.3 Å². The number of benzene rings is 2. The second kappa shape index (κ2) is 8.76. The molecule has 216 valence electrons. The van der Waals surface area contributed by atoms with E-state index in [2.05, 4.69) is 37.7 Å². The lowest BCUT2D eigenvalue weighted by atomic mass is 9.89. The summed E-state index contributed by atoms with van der Waals surface area (Å²) in [5.41, 5.74) is 5.99. The van der Waals surface area contributed by atoms with Gasteiger partial charge in [-0.15, -0.1) is 0 Å². The molecular formula is C32H30F4N6. The number of aromatic nitrogens is 4. The smallest absolute Gasteiger partial charge is 0.344 e. The molecule has 4 heterocycles. The minimum absolute atomic E-state index is 0.0371. The van der Waals surface area contributed by atoms with Crippen molar-refractivity contribution in [1.82, 2.24) is 30.6 Å². The molecule has 0 spiro atoms. The van der Waals surface area contributed by atoms with Gasteiger partial charge in [0.25, 0.3) is 0 Å². The minimum Gasteiger partial charge on any atom is -0.344 e. The van der Waals surface area contributed by atoms with E-state index < -0.39 is 18.4 Å². The number of aromatic amines is 2. The highest BCUT2D eigenvalue weighted by Crippen LogP contribution is 2.47. The van der Waals surface area contributed by atoms with E-state index in [4.69, 9.17) is 4.98 Å². The first-order chi connectivity index (χ1) is 20.3. The molecule has 6 nitrogen and oxygen atoms in total. The molecule has 4 fully saturated rings. The van der Waals surface area contributed by atoms with Gasteiger partial charge in [0.2, 0.25) is 0 Å². The van der Waals surface area contributed by atoms with Crippen LogP contribution < -0.4 is 10.6 Å². The van der Waals surface area contributed by atoms with Crippen molar-refractivity contribution in [3.8, 4) is 33.6 Å². The van der Waals surface area contributed by atoms with Crippen LogP contribution in [0.3, 0.4) is 0 Å². The van der Waals surface area contributed by atoms with Crippen LogP contribution in [0.4, 0.5) is 17.6 Å². The average Bonchev–Trinajstić information content (AvgIpc) is 3.54. The second-order valence-electron chi connectivity index (χ2n) is 12.9. The molecule has 42 heavy (non-hydrogen) atoms. The van der Waals surface area contributed by atoms with Gasteiger partial charge in [-0.2, -0.15) is 13.2 Å². The third-order valence-electron chi connectivity index (χ3n) is 9.95. The fourth-order valence-corrected chi connectivity index (χ4v) is 7.57. The van der Waals surface area contributed by atoms with Gasteiger partial charge in [-0.3, -0.25) is 0 Å². The number of alkyl halides is 3. The van der Waals surface area contributed by atoms with Crippen LogP contribution in [0.1, 0.15) is 66.4 Å². The zero-order chi connectivity index (χ0) is 28.3. The molecule has 0 unspecified atom stereocenters. The molecule has 5 aliphatic rings. The van der Waals surface area contributed by atoms with Crippen LogP contribution in [0.2, 0.25) is 0 Å². The molecule has 0 radical (unpaired) electrons. The summed E-state index contributed by atoms with van der Waals surface area (Å²) in [6.07, 6.45) is 0.452. The number of aryl methyl sites for hydroxylation is 2. The molecule has 9 rings (SSSR count). The first kappa shape index (κ1) is 25.0. The Hall–Kier alpha value is -3.50. The quantitative estimate of drug-likeness (QED) is 0.210. The Morgan fingerprint density at radius 1 is 0.738 bits per heavy atom. The normalized spacial score (nSPS) is 28.8. The largest absolute Gasteiger partial charge is 0.394 e. The maximum atomic E-state index is 15.6. The standard InChI is InChI=1S/C32H30F4N6/c33-21-8-15(2-5-20(21)29-27(13-32(34,35)36)40-31(42-29)26-12-18-10-24(18)38-26)14-1-4-19-16(7-14)3-6-22-28(19)41-30(39-22)25-11-17-9-23(17)37-25/h1-2,4-5,7-8,17-18,23-26,37-38H,3,6,9-13H2,(H,39,41)(H,40,42)/t17-,18-,23-,24-,25+,26+/m1/s1. The summed E-state index contributed by atoms with van der Waals surface area (Å²) >= 11 is 0. The third-order valence-corrected chi connectivity index (χ3v) is 9.95. The molecule has 2 aliphatic heterocycles. The van der Waals surface area contributed by atoms with Gasteiger partial charge in [0.15, 0.2) is 0 Å². The number of piperidine rings is 2. The van der Waals surface area contributed by atoms with E-state index >= 15 is 4.39 Å². The molecule has 3 aliphatic carbocycles. The fourth-order valence-electron chi connectivity index (χ4n) is 7.57. The molecular weight excluding hydrogens is 544 g/mol. The van der Waals surface area contributed by atoms with E-state index in [0.29, 0.717) is 35.4 Å². The zero-order valence-corrected chi connectivity index (χ0v) is 22.8. The summed E-state index contributed by atoms with van der Waals surface area (Å²) < 4.78 is 56.0. The topological polar surface area (TPSA) is 81.4 Å². The van der Waals surface area contributed by atoms with Crippen LogP contribution in [0, 0.1) is 17.7 Å². The SMILES string of the molecule is Fc1cc(-c2ccc3c(c2)CCc2[nH]c([C@@H]4C[C@H]5C[C@H]5N4)nc2-3)ccc1-c1nc([C@@H]2C[C@H]3C[C@H]3N2)[nH]c1CC(F)(F)F. The highest BCUT2D eigenvalue weighted by Gasteiger charge is 2.48. The maximum absolute atomic E-state index is 15.6. The molecule has 2 aromatic heterocycles. The number of hydrogen-bond donors (Lipinski definition) is 4. The van der Waals surface area contributed by atoms with Gasteiger partial charge in [0.05, 0.1) is 35.6 Å². The zero-order valence-electron chi connectivity index (χ0n) is 22.8. The molecule has 2 saturated heterocycles. The molecule has 2 aromatic carbocycles. The van der Waals surface area contributed by atoms with Crippen molar-refractivity contribution in [2.75, 3.05) is 0 Å². The number of hydrogen-bond acceptors (Lipinski definition) is 4. The number of halogens is 4. The summed E-state index contributed by atoms with van der Waals surface area (Å²) in [6.45, 7) is 0. The van der Waals surface area contributed by atoms with Crippen LogP contribution in [-0.2, 0) is 19.3 Å². The van der Waals surface area contributed by atoms with Crippen molar-refractivity contribution < 1.29 is 17.6 Å². The van der Waals surface area contributed by atoms with Gasteiger partial charge in [-0.05, 0) is 79.2 Å². The maximum Gasteiger partial charge on any atom is 0.394 e. The lowest BCUT2D eigenvalue weighted by molar-refractivity contribution is -0.127. The second-order valence-corrected chi connectivity index (χ2v) is 12.9. The predicted octanol–water partition coefficient (Wildman–Crippen LogP) is 6.32. The van der Waals surface area contributed by atoms with Crippen molar-refractivity contribution in [3.05, 3.63) is 70.8 Å². The molecule has 10 heteroatoms. The van der Waals surface area contributed by atoms with Gasteiger partial charge in [0, 0.05) is 28.9 Å². The van der Waals surface area contributed by atoms with E-state index in [1.165, 1.54) is 18.2 Å². The van der Waals surface area contributed by atoms with Crippen molar-refractivity contribution in [2.24, 2.45) is 11.8 Å². The summed E-state index contributed by atoms with van der Waals surface area (Å²) in [4.78, 5) is 16.0. The van der Waals surface area contributed by atoms with Crippen LogP contribution in [0.5, 0.6) is 0 Å². The van der Waals surface area contributed by atoms with E-state index in [9.17, 15) is 13.2 Å². The highest BCUT2D eigenvalue weighted by atomic mass is 19.4. The first-order valence-corrected chi connectivity index (χ1v) is 15.0. The number of fused-ring (bicyclic) bond motifs is 5. The summed E-state index contributed by atoms with van der Waals surface area (Å²) in [7, 11) is 0. The number of H-pyrrole nitrogens is 2. The molecule has 2 saturated carbocycles. The van der Waals surface area contributed by atoms with E-state index in [0.717, 1.165) is 66.2 Å². The van der Waals surface area contributed by atoms with E-state index in [-0.39, 0.29) is 23.0 Å². The highest BCUT2D eigenvalue weighted by molar-refractivity contribution is 5.76. The minimum atomic E-state index is -4.44. The number of rotatable bonds is 5. The third kappa shape index (κ3) is 4.21. The number of imidazole rings is 2. The molecule has 4 aromatic rings.